The van der Waals surface area contributed by atoms with Gasteiger partial charge in [0.1, 0.15) is 34.9 Å². The number of hydrogen-bond acceptors (Lipinski definition) is 26. The molecule has 0 amide bonds. The zero-order valence-electron chi connectivity index (χ0n) is 73.2. The molecule has 0 saturated carbocycles. The zero-order chi connectivity index (χ0) is 89.5. The highest BCUT2D eigenvalue weighted by Gasteiger charge is 2.32. The lowest BCUT2D eigenvalue weighted by Gasteiger charge is -2.24. The highest BCUT2D eigenvalue weighted by atomic mass is 79.9. The van der Waals surface area contributed by atoms with Crippen molar-refractivity contribution in [3.05, 3.63) is 193 Å². The average molecular weight is 2010 g/mol. The number of piperidine rings is 6. The third-order valence-corrected chi connectivity index (χ3v) is 29.3. The number of allylic oxidation sites excluding steroid dienone is 9. The molecular weight excluding hydrogens is 1900 g/mol. The molecule has 2 aliphatic carbocycles. The molecule has 0 radical (unpaired) electrons. The molecule has 13 aromatic heterocycles. The summed E-state index contributed by atoms with van der Waals surface area (Å²) in [5.41, 5.74) is 61.5. The van der Waals surface area contributed by atoms with Gasteiger partial charge in [0, 0.05) is 127 Å². The van der Waals surface area contributed by atoms with Crippen LogP contribution in [0.1, 0.15) is 226 Å². The van der Waals surface area contributed by atoms with E-state index in [0.29, 0.717) is 70.4 Å². The summed E-state index contributed by atoms with van der Waals surface area (Å²) < 4.78 is 13.7. The Labute approximate surface area is 786 Å². The Bertz CT molecular complexity index is 6550. The number of nitrogens with zero attached hydrogens (tertiary/aromatic N) is 19. The van der Waals surface area contributed by atoms with Gasteiger partial charge in [-0.3, -0.25) is 4.99 Å². The van der Waals surface area contributed by atoms with E-state index in [9.17, 15) is 0 Å². The first kappa shape index (κ1) is 90.3. The Balaban J connectivity index is 0.000000109. The van der Waals surface area contributed by atoms with Crippen LogP contribution in [0.3, 0.4) is 0 Å². The number of aliphatic imine (C=N–C) groups is 1. The van der Waals surface area contributed by atoms with Gasteiger partial charge in [-0.05, 0) is 256 Å². The van der Waals surface area contributed by atoms with Crippen LogP contribution < -0.4 is 66.3 Å². The zero-order valence-corrected chi connectivity index (χ0v) is 80.3. The second-order valence-corrected chi connectivity index (χ2v) is 38.2. The summed E-state index contributed by atoms with van der Waals surface area (Å²) in [6.07, 6.45) is 40.3. The van der Waals surface area contributed by atoms with Gasteiger partial charge >= 0.3 is 0 Å². The lowest BCUT2D eigenvalue weighted by atomic mass is 9.95. The predicted octanol–water partition coefficient (Wildman–Crippen LogP) is 14.7. The lowest BCUT2D eigenvalue weighted by molar-refractivity contribution is 0.453. The first-order valence-corrected chi connectivity index (χ1v) is 48.6. The van der Waals surface area contributed by atoms with Gasteiger partial charge in [-0.2, -0.15) is 57.7 Å². The molecule has 7 aliphatic heterocycles. The highest BCUT2D eigenvalue weighted by Crippen LogP contribution is 2.42. The Morgan fingerprint density at radius 2 is 0.791 bits per heavy atom. The molecule has 20 heterocycles. The molecule has 670 valence electrons. The molecule has 36 heteroatoms. The molecule has 0 spiro atoms. The minimum absolute atomic E-state index is 0.377. The Kier molecular flexibility index (Phi) is 28.6. The smallest absolute Gasteiger partial charge is 0.173 e. The third-order valence-electron chi connectivity index (χ3n) is 25.2. The summed E-state index contributed by atoms with van der Waals surface area (Å²) in [5, 5.41) is 48.9. The maximum atomic E-state index is 6.33. The molecule has 0 aromatic carbocycles. The van der Waals surface area contributed by atoms with Crippen LogP contribution in [0.25, 0.3) is 56.2 Å². The standard InChI is InChI=1S/2C17H20BrN5.C16H18BrN5S.C15H17BrN6.2C14H17N5/c1-10-4-2-6-12(10)13-9-21-23-16(19)14(18)15(22-17(13)23)11-5-3-7-20-8-11;1-10-4-5-11(7-10)13-9-21-23-16(19)14(18)15(22-17(13)23)12-3-2-6-20-8-12;1-9-11(4-6-23-9)12-8-20-22-15(18)13(17)14(21-16(12)22)10-3-2-5-19-7-10;16-12-13(9-3-1-5-18-7-9)21-15-10(11-4-2-6-19-11)8-20-22(15)14(12)17;2*1-2-4-11-9-17-19-13(15)7-12(18-14(11)19)10-5-3-6-16-8-10/h4,6,9,11,20H,2-3,5,7-8,19H2,1H3;5,7,9,12,20H,2-4,6,8,19H2,1H3;4,6,8,10,19H,2-3,5,7,18H2,1H3;2,6,8-9,18H,1,3-5,7,17H2;2*7,9-10,16H,3,5-6,8,15H2,1H3. The van der Waals surface area contributed by atoms with E-state index in [0.717, 1.165) is 268 Å². The molecule has 13 aromatic rings. The minimum Gasteiger partial charge on any atom is -0.384 e. The first-order valence-electron chi connectivity index (χ1n) is 44.5. The van der Waals surface area contributed by atoms with Crippen LogP contribution in [0.2, 0.25) is 0 Å². The van der Waals surface area contributed by atoms with Crippen LogP contribution in [0, 0.1) is 30.6 Å². The number of rotatable bonds is 10. The van der Waals surface area contributed by atoms with Gasteiger partial charge in [0.15, 0.2) is 33.9 Å². The van der Waals surface area contributed by atoms with Crippen LogP contribution in [-0.2, 0) is 0 Å². The fourth-order valence-electron chi connectivity index (χ4n) is 18.3. The summed E-state index contributed by atoms with van der Waals surface area (Å²) >= 11 is 16.3. The molecule has 22 rings (SSSR count). The van der Waals surface area contributed by atoms with E-state index < -0.39 is 0 Å². The van der Waals surface area contributed by atoms with Crippen molar-refractivity contribution in [2.45, 2.75) is 166 Å². The van der Waals surface area contributed by atoms with E-state index in [1.807, 2.05) is 56.8 Å². The Morgan fingerprint density at radius 3 is 1.15 bits per heavy atom. The van der Waals surface area contributed by atoms with Crippen molar-refractivity contribution < 1.29 is 0 Å². The number of thiophene rings is 1. The molecule has 6 atom stereocenters. The van der Waals surface area contributed by atoms with E-state index in [1.165, 1.54) is 64.8 Å². The monoisotopic (exact) mass is 2010 g/mol. The van der Waals surface area contributed by atoms with Gasteiger partial charge in [0.25, 0.3) is 0 Å². The molecule has 6 unspecified atom stereocenters. The molecule has 0 bridgehead atoms. The number of nitrogens with two attached hydrogens (primary N) is 6. The number of nitrogen functional groups attached to an aromatic ring is 6. The first-order chi connectivity index (χ1) is 62.8. The van der Waals surface area contributed by atoms with Gasteiger partial charge in [-0.25, -0.2) is 29.9 Å². The maximum absolute atomic E-state index is 6.33. The SMILES string of the molecule is CC#Cc1cnn2c(N)cc(C3CCCNC3)nc12.CC#Cc1cnn2c(N)cc(C3CCCNC3)nc12.CC1=CC(c2cnn3c(N)c(Br)c(C4CCCNC4)nc23)=CC1.CC1=CCC=C1c1cnn2c(N)c(Br)c(C3CCCNC3)nc12.Cc1sccc1-c1cnn2c(N)c(Br)c(C3CCCNC3)nc12.Nc1c(Br)c(C2CCCNC2)nc2c(C3=NC=CC3)cnn12. The summed E-state index contributed by atoms with van der Waals surface area (Å²) in [6, 6.07) is 5.99. The number of halogens is 4. The molecular formula is C93H109Br4N31S. The van der Waals surface area contributed by atoms with Gasteiger partial charge in [-0.15, -0.1) is 23.2 Å². The predicted molar refractivity (Wildman–Crippen MR) is 530 cm³/mol. The van der Waals surface area contributed by atoms with E-state index in [-0.39, 0.29) is 0 Å². The second-order valence-electron chi connectivity index (χ2n) is 33.9. The summed E-state index contributed by atoms with van der Waals surface area (Å²) in [5.74, 6) is 17.9. The molecule has 31 nitrogen and oxygen atoms in total. The molecule has 6 fully saturated rings. The Morgan fingerprint density at radius 1 is 0.411 bits per heavy atom. The largest absolute Gasteiger partial charge is 0.384 e. The molecule has 9 aliphatic rings. The van der Waals surface area contributed by atoms with Crippen LogP contribution in [-0.4, -0.2) is 172 Å². The minimum atomic E-state index is 0.377. The van der Waals surface area contributed by atoms with Gasteiger partial charge < -0.3 is 66.3 Å². The third kappa shape index (κ3) is 19.2. The number of aryl methyl sites for hydroxylation is 1. The van der Waals surface area contributed by atoms with Crippen molar-refractivity contribution in [3.8, 4) is 34.8 Å². The molecule has 6 saturated heterocycles. The highest BCUT2D eigenvalue weighted by molar-refractivity contribution is 9.11. The summed E-state index contributed by atoms with van der Waals surface area (Å²) in [6.45, 7) is 22.2. The average Bonchev–Trinajstić information content (AvgIpc) is 1.63. The Hall–Kier alpha value is -10.6. The fourth-order valence-corrected chi connectivity index (χ4v) is 21.4. The van der Waals surface area contributed by atoms with E-state index in [1.54, 1.807) is 57.0 Å². The number of aromatic nitrogens is 18. The van der Waals surface area contributed by atoms with Crippen molar-refractivity contribution in [2.24, 2.45) is 4.99 Å². The topological polar surface area (TPSA) is 422 Å². The number of nitrogens with one attached hydrogen (secondary N) is 6. The van der Waals surface area contributed by atoms with Crippen molar-refractivity contribution in [1.82, 2.24) is 119 Å². The van der Waals surface area contributed by atoms with Crippen molar-refractivity contribution in [3.63, 3.8) is 0 Å². The number of anilines is 6. The van der Waals surface area contributed by atoms with Crippen LogP contribution in [0.5, 0.6) is 0 Å². The summed E-state index contributed by atoms with van der Waals surface area (Å²) in [4.78, 5) is 34.9. The maximum Gasteiger partial charge on any atom is 0.173 e. The van der Waals surface area contributed by atoms with Crippen molar-refractivity contribution >= 4 is 161 Å². The lowest BCUT2D eigenvalue weighted by Crippen LogP contribution is -2.29. The van der Waals surface area contributed by atoms with Crippen molar-refractivity contribution in [2.75, 3.05) is 113 Å². The van der Waals surface area contributed by atoms with Gasteiger partial charge in [0.05, 0.1) is 112 Å². The van der Waals surface area contributed by atoms with Crippen LogP contribution >= 0.6 is 75.1 Å². The fraction of sp³-hybridized carbons (Fsp3) is 0.409. The quantitative estimate of drug-likeness (QED) is 0.0566. The van der Waals surface area contributed by atoms with Crippen LogP contribution in [0.4, 0.5) is 34.9 Å². The van der Waals surface area contributed by atoms with Crippen LogP contribution in [0.15, 0.2) is 131 Å². The van der Waals surface area contributed by atoms with Gasteiger partial charge in [0.2, 0.25) is 0 Å². The normalized spacial score (nSPS) is 20.3. The van der Waals surface area contributed by atoms with Crippen molar-refractivity contribution in [1.29, 1.82) is 0 Å². The van der Waals surface area contributed by atoms with E-state index in [2.05, 4.69) is 211 Å². The molecule has 18 N–H and O–H groups in total. The number of fused-ring (bicyclic) bond motifs is 6. The van der Waals surface area contributed by atoms with Gasteiger partial charge in [-0.1, -0.05) is 47.8 Å². The van der Waals surface area contributed by atoms with E-state index in [4.69, 9.17) is 64.3 Å². The summed E-state index contributed by atoms with van der Waals surface area (Å²) in [7, 11) is 0. The molecule has 129 heavy (non-hydrogen) atoms. The second kappa shape index (κ2) is 40.8. The number of hydrogen-bond donors (Lipinski definition) is 12. The van der Waals surface area contributed by atoms with E-state index >= 15 is 0 Å².